The molecule has 2 amide bonds. The van der Waals surface area contributed by atoms with Gasteiger partial charge < -0.3 is 29.5 Å². The van der Waals surface area contributed by atoms with Gasteiger partial charge in [-0.3, -0.25) is 0 Å². The zero-order valence-electron chi connectivity index (χ0n) is 19.3. The van der Waals surface area contributed by atoms with Crippen molar-refractivity contribution in [3.8, 4) is 5.75 Å². The van der Waals surface area contributed by atoms with Crippen LogP contribution in [0.15, 0.2) is 42.5 Å². The molecule has 10 heteroatoms. The lowest BCUT2D eigenvalue weighted by Crippen LogP contribution is -2.40. The second kappa shape index (κ2) is 14.1. The third-order valence-corrected chi connectivity index (χ3v) is 4.79. The van der Waals surface area contributed by atoms with Crippen LogP contribution in [0, 0.1) is 11.6 Å². The Kier molecular flexibility index (Phi) is 11.2. The molecule has 1 unspecified atom stereocenters. The molecule has 2 aromatic carbocycles. The number of halogens is 2. The maximum absolute atomic E-state index is 13.9. The Labute approximate surface area is 197 Å². The summed E-state index contributed by atoms with van der Waals surface area (Å²) >= 11 is 0. The zero-order chi connectivity index (χ0) is 24.9. The van der Waals surface area contributed by atoms with Crippen molar-refractivity contribution in [2.75, 3.05) is 44.8 Å². The van der Waals surface area contributed by atoms with Gasteiger partial charge in [0.15, 0.2) is 6.10 Å². The molecule has 0 bridgehead atoms. The summed E-state index contributed by atoms with van der Waals surface area (Å²) in [4.78, 5) is 25.3. The van der Waals surface area contributed by atoms with Crippen molar-refractivity contribution in [3.05, 3.63) is 59.7 Å². The van der Waals surface area contributed by atoms with Crippen molar-refractivity contribution >= 4 is 17.7 Å². The van der Waals surface area contributed by atoms with Crippen molar-refractivity contribution in [1.29, 1.82) is 0 Å². The molecule has 8 nitrogen and oxygen atoms in total. The lowest BCUT2D eigenvalue weighted by Gasteiger charge is -2.23. The first-order chi connectivity index (χ1) is 16.3. The number of carboxylic acids is 1. The number of aliphatic carboxylic acids is 1. The van der Waals surface area contributed by atoms with Crippen molar-refractivity contribution in [2.45, 2.75) is 26.4 Å². The van der Waals surface area contributed by atoms with Gasteiger partial charge in [-0.2, -0.15) is 0 Å². The molecule has 0 fully saturated rings. The molecule has 0 spiro atoms. The van der Waals surface area contributed by atoms with E-state index in [0.717, 1.165) is 17.7 Å². The number of nitrogens with zero attached hydrogens (tertiary/aromatic N) is 1. The molecule has 0 saturated heterocycles. The highest BCUT2D eigenvalue weighted by atomic mass is 19.1. The van der Waals surface area contributed by atoms with E-state index in [4.69, 9.17) is 14.2 Å². The Morgan fingerprint density at radius 1 is 1.03 bits per heavy atom. The van der Waals surface area contributed by atoms with E-state index in [0.29, 0.717) is 25.0 Å². The minimum Gasteiger partial charge on any atom is -0.492 e. The molecule has 2 N–H and O–H groups in total. The summed E-state index contributed by atoms with van der Waals surface area (Å²) in [5, 5.41) is 11.6. The largest absolute Gasteiger partial charge is 0.492 e. The summed E-state index contributed by atoms with van der Waals surface area (Å²) in [5.74, 6) is -2.08. The van der Waals surface area contributed by atoms with Gasteiger partial charge in [0.2, 0.25) is 0 Å². The van der Waals surface area contributed by atoms with Crippen molar-refractivity contribution < 1.29 is 37.7 Å². The highest BCUT2D eigenvalue weighted by molar-refractivity contribution is 5.89. The lowest BCUT2D eigenvalue weighted by molar-refractivity contribution is -0.149. The number of amides is 2. The fourth-order valence-electron chi connectivity index (χ4n) is 3.05. The van der Waals surface area contributed by atoms with Crippen LogP contribution in [0.3, 0.4) is 0 Å². The molecule has 0 radical (unpaired) electrons. The van der Waals surface area contributed by atoms with Crippen LogP contribution in [0.4, 0.5) is 19.3 Å². The van der Waals surface area contributed by atoms with Crippen LogP contribution in [0.2, 0.25) is 0 Å². The normalized spacial score (nSPS) is 11.6. The van der Waals surface area contributed by atoms with Crippen LogP contribution in [0.1, 0.15) is 19.4 Å². The summed E-state index contributed by atoms with van der Waals surface area (Å²) in [6, 6.07) is 9.25. The number of carbonyl (C=O) groups excluding carboxylic acids is 1. The summed E-state index contributed by atoms with van der Waals surface area (Å²) < 4.78 is 43.2. The van der Waals surface area contributed by atoms with Crippen molar-refractivity contribution in [2.24, 2.45) is 0 Å². The average molecular weight is 481 g/mol. The molecular weight excluding hydrogens is 450 g/mol. The number of urea groups is 1. The number of carbonyl (C=O) groups is 2. The lowest BCUT2D eigenvalue weighted by atomic mass is 10.1. The molecule has 0 heterocycles. The molecule has 0 aliphatic heterocycles. The van der Waals surface area contributed by atoms with Gasteiger partial charge in [0.1, 0.15) is 24.0 Å². The van der Waals surface area contributed by atoms with Crippen LogP contribution in [-0.4, -0.2) is 67.6 Å². The average Bonchev–Trinajstić information content (AvgIpc) is 2.80. The number of ether oxygens (including phenoxy) is 3. The summed E-state index contributed by atoms with van der Waals surface area (Å²) in [6.45, 7) is 5.24. The first-order valence-electron chi connectivity index (χ1n) is 11.0. The number of nitrogens with one attached hydrogen (secondary N) is 1. The third-order valence-electron chi connectivity index (χ3n) is 4.79. The maximum Gasteiger partial charge on any atom is 0.333 e. The van der Waals surface area contributed by atoms with Gasteiger partial charge in [0.25, 0.3) is 0 Å². The summed E-state index contributed by atoms with van der Waals surface area (Å²) in [6.07, 6.45) is -0.686. The SMILES string of the molecule is CCOCCN(CCOc1ccc(CC(OCC)C(=O)O)cc1)C(=O)Nc1ccc(F)cc1F. The predicted octanol–water partition coefficient (Wildman–Crippen LogP) is 3.95. The van der Waals surface area contributed by atoms with Crippen LogP contribution < -0.4 is 10.1 Å². The van der Waals surface area contributed by atoms with Gasteiger partial charge in [-0.15, -0.1) is 0 Å². The Morgan fingerprint density at radius 3 is 2.35 bits per heavy atom. The van der Waals surface area contributed by atoms with E-state index in [9.17, 15) is 23.5 Å². The van der Waals surface area contributed by atoms with Gasteiger partial charge in [-0.1, -0.05) is 12.1 Å². The standard InChI is InChI=1S/C24H30F2N2O6/c1-3-32-13-11-28(24(31)27-21-10-7-18(25)16-20(21)26)12-14-34-19-8-5-17(6-9-19)15-22(23(29)30)33-4-2/h5-10,16,22H,3-4,11-15H2,1-2H3,(H,27,31)(H,29,30). The van der Waals surface area contributed by atoms with Gasteiger partial charge in [-0.25, -0.2) is 18.4 Å². The van der Waals surface area contributed by atoms with E-state index in [1.165, 1.54) is 4.90 Å². The van der Waals surface area contributed by atoms with Gasteiger partial charge in [-0.05, 0) is 43.7 Å². The Hall–Kier alpha value is -3.24. The van der Waals surface area contributed by atoms with E-state index in [1.54, 1.807) is 31.2 Å². The molecule has 1 atom stereocenters. The fourth-order valence-corrected chi connectivity index (χ4v) is 3.05. The zero-order valence-corrected chi connectivity index (χ0v) is 19.3. The van der Waals surface area contributed by atoms with E-state index in [-0.39, 0.29) is 38.4 Å². The number of hydrogen-bond acceptors (Lipinski definition) is 5. The van der Waals surface area contributed by atoms with Gasteiger partial charge >= 0.3 is 12.0 Å². The second-order valence-electron chi connectivity index (χ2n) is 7.22. The molecule has 0 saturated carbocycles. The van der Waals surface area contributed by atoms with E-state index in [2.05, 4.69) is 5.32 Å². The number of carboxylic acid groups (broad SMARTS) is 1. The van der Waals surface area contributed by atoms with Crippen molar-refractivity contribution in [3.63, 3.8) is 0 Å². The van der Waals surface area contributed by atoms with Gasteiger partial charge in [0.05, 0.1) is 18.8 Å². The highest BCUT2D eigenvalue weighted by Gasteiger charge is 2.18. The quantitative estimate of drug-likeness (QED) is 0.398. The van der Waals surface area contributed by atoms with Crippen LogP contribution in [0.25, 0.3) is 0 Å². The summed E-state index contributed by atoms with van der Waals surface area (Å²) in [7, 11) is 0. The maximum atomic E-state index is 13.9. The summed E-state index contributed by atoms with van der Waals surface area (Å²) in [5.41, 5.74) is 0.656. The van der Waals surface area contributed by atoms with Crippen LogP contribution in [-0.2, 0) is 20.7 Å². The molecule has 34 heavy (non-hydrogen) atoms. The third kappa shape index (κ3) is 8.95. The highest BCUT2D eigenvalue weighted by Crippen LogP contribution is 2.17. The van der Waals surface area contributed by atoms with Gasteiger partial charge in [0, 0.05) is 32.2 Å². The van der Waals surface area contributed by atoms with E-state index in [1.807, 2.05) is 6.92 Å². The first-order valence-corrected chi connectivity index (χ1v) is 11.0. The molecule has 0 aromatic heterocycles. The molecule has 2 aromatic rings. The van der Waals surface area contributed by atoms with E-state index < -0.39 is 29.7 Å². The minimum atomic E-state index is -1.02. The first kappa shape index (κ1) is 27.0. The monoisotopic (exact) mass is 480 g/mol. The Balaban J connectivity index is 1.92. The molecule has 2 rings (SSSR count). The van der Waals surface area contributed by atoms with Crippen LogP contribution in [0.5, 0.6) is 5.75 Å². The Morgan fingerprint density at radius 2 is 1.74 bits per heavy atom. The molecular formula is C24H30F2N2O6. The topological polar surface area (TPSA) is 97.3 Å². The number of hydrogen-bond donors (Lipinski definition) is 2. The van der Waals surface area contributed by atoms with Crippen LogP contribution >= 0.6 is 0 Å². The van der Waals surface area contributed by atoms with E-state index >= 15 is 0 Å². The van der Waals surface area contributed by atoms with Crippen molar-refractivity contribution in [1.82, 2.24) is 4.90 Å². The number of benzene rings is 2. The smallest absolute Gasteiger partial charge is 0.333 e. The fraction of sp³-hybridized carbons (Fsp3) is 0.417. The second-order valence-corrected chi connectivity index (χ2v) is 7.22. The number of anilines is 1. The number of rotatable bonds is 14. The molecule has 186 valence electrons. The minimum absolute atomic E-state index is 0.129. The molecule has 0 aliphatic rings. The Bertz CT molecular complexity index is 926. The predicted molar refractivity (Wildman–Crippen MR) is 122 cm³/mol. The molecule has 0 aliphatic carbocycles.